The number of hydrogen-bond acceptors (Lipinski definition) is 5. The van der Waals surface area contributed by atoms with Gasteiger partial charge in [-0.15, -0.1) is 48.1 Å². The van der Waals surface area contributed by atoms with Crippen molar-refractivity contribution in [1.82, 2.24) is 9.55 Å². The van der Waals surface area contributed by atoms with Gasteiger partial charge in [-0.25, -0.2) is 4.98 Å². The topological polar surface area (TPSA) is 36.8 Å². The van der Waals surface area contributed by atoms with Crippen LogP contribution >= 0.6 is 0 Å². The number of pyridine rings is 1. The maximum absolute atomic E-state index is 6.63. The Balaban J connectivity index is 0.00000498. The maximum atomic E-state index is 6.63. The molecule has 0 radical (unpaired) electrons. The molecule has 0 saturated heterocycles. The number of anilines is 5. The molecule has 2 aromatic heterocycles. The van der Waals surface area contributed by atoms with Crippen LogP contribution in [0.4, 0.5) is 28.4 Å². The van der Waals surface area contributed by atoms with Crippen LogP contribution in [-0.2, 0) is 31.9 Å². The first-order valence-electron chi connectivity index (χ1n) is 22.4. The molecule has 11 rings (SSSR count). The van der Waals surface area contributed by atoms with Crippen molar-refractivity contribution in [1.29, 1.82) is 0 Å². The third-order valence-electron chi connectivity index (χ3n) is 13.8. The van der Waals surface area contributed by atoms with Crippen LogP contribution in [0.15, 0.2) is 140 Å². The quantitative estimate of drug-likeness (QED) is 0.127. The van der Waals surface area contributed by atoms with Crippen LogP contribution in [0.3, 0.4) is 0 Å². The van der Waals surface area contributed by atoms with Crippen LogP contribution in [0.5, 0.6) is 11.5 Å². The van der Waals surface area contributed by atoms with E-state index in [4.69, 9.17) is 9.72 Å². The van der Waals surface area contributed by atoms with Gasteiger partial charge in [0.15, 0.2) is 0 Å². The monoisotopic (exact) mass is 1060 g/mol. The molecule has 3 aliphatic heterocycles. The molecule has 0 spiro atoms. The van der Waals surface area contributed by atoms with Crippen molar-refractivity contribution in [2.24, 2.45) is 0 Å². The smallest absolute Gasteiger partial charge is 0.135 e. The van der Waals surface area contributed by atoms with Gasteiger partial charge in [0, 0.05) is 67.0 Å². The Labute approximate surface area is 400 Å². The van der Waals surface area contributed by atoms with Crippen LogP contribution in [0.25, 0.3) is 27.6 Å². The van der Waals surface area contributed by atoms with E-state index in [1.165, 1.54) is 60.0 Å². The third kappa shape index (κ3) is 6.94. The number of hydrogen-bond donors (Lipinski definition) is 0. The number of ether oxygens (including phenoxy) is 1. The minimum Gasteiger partial charge on any atom is -0.509 e. The Morgan fingerprint density at radius 1 is 0.585 bits per heavy atom. The average molecular weight is 1060 g/mol. The molecule has 0 amide bonds. The average Bonchev–Trinajstić information content (AvgIpc) is 3.89. The van der Waals surface area contributed by atoms with E-state index in [0.717, 1.165) is 27.9 Å². The fourth-order valence-corrected chi connectivity index (χ4v) is 16.2. The van der Waals surface area contributed by atoms with Gasteiger partial charge in [0.25, 0.3) is 0 Å². The molecule has 6 aromatic carbocycles. The zero-order valence-electron chi connectivity index (χ0n) is 38.8. The van der Waals surface area contributed by atoms with Crippen molar-refractivity contribution >= 4 is 87.1 Å². The second-order valence-corrected chi connectivity index (χ2v) is 29.4. The second kappa shape index (κ2) is 15.2. The van der Waals surface area contributed by atoms with Crippen molar-refractivity contribution in [2.75, 3.05) is 14.7 Å². The summed E-state index contributed by atoms with van der Waals surface area (Å²) in [4.78, 5) is 11.9. The van der Waals surface area contributed by atoms with Crippen LogP contribution in [0.2, 0.25) is 26.2 Å². The van der Waals surface area contributed by atoms with E-state index in [-0.39, 0.29) is 31.9 Å². The summed E-state index contributed by atoms with van der Waals surface area (Å²) in [7, 11) is -4.16. The first-order chi connectivity index (χ1) is 30.5. The molecule has 9 heteroatoms. The van der Waals surface area contributed by atoms with Crippen molar-refractivity contribution in [3.8, 4) is 17.3 Å². The van der Waals surface area contributed by atoms with Gasteiger partial charge in [-0.2, -0.15) is 12.1 Å². The fraction of sp³-hybridized carbons (Fsp3) is 0.214. The van der Waals surface area contributed by atoms with Gasteiger partial charge < -0.3 is 24.0 Å². The number of para-hydroxylation sites is 2. The van der Waals surface area contributed by atoms with Crippen LogP contribution in [0.1, 0.15) is 52.7 Å². The Morgan fingerprint density at radius 2 is 1.20 bits per heavy atom. The summed E-state index contributed by atoms with van der Waals surface area (Å²) < 4.78 is 8.87. The summed E-state index contributed by atoms with van der Waals surface area (Å²) in [6.45, 7) is 25.8. The Kier molecular flexibility index (Phi) is 10.1. The number of aromatic nitrogens is 2. The predicted octanol–water partition coefficient (Wildman–Crippen LogP) is 11.8. The van der Waals surface area contributed by atoms with Crippen molar-refractivity contribution < 1.29 is 25.8 Å². The van der Waals surface area contributed by atoms with Gasteiger partial charge in [-0.1, -0.05) is 122 Å². The summed E-state index contributed by atoms with van der Waals surface area (Å²) in [6.07, 6.45) is 6.20. The predicted molar refractivity (Wildman–Crippen MR) is 273 cm³/mol. The maximum Gasteiger partial charge on any atom is 0.135 e. The molecular formula is C56H54N5OPtSi2-3. The number of rotatable bonds is 5. The number of benzene rings is 6. The van der Waals surface area contributed by atoms with Crippen LogP contribution < -0.4 is 40.2 Å². The molecule has 330 valence electrons. The van der Waals surface area contributed by atoms with E-state index < -0.39 is 16.1 Å². The zero-order valence-corrected chi connectivity index (χ0v) is 43.1. The largest absolute Gasteiger partial charge is 0.509 e. The van der Waals surface area contributed by atoms with E-state index in [9.17, 15) is 0 Å². The molecule has 5 heterocycles. The first kappa shape index (κ1) is 43.2. The molecule has 0 fully saturated rings. The molecule has 0 atom stereocenters. The standard InChI is InChI=1S/C56H54N5OSi2.Pt/c1-55(2,3)37-22-25-45-44(30-37)43-24-23-42(35-48(43)60(45)53-31-38(26-27-57-53)56(4,5)6)62-41-17-15-16-39(32-41)58-28-29-59(36-58)40-33-51-54-52(34-40)64(9,10)50-21-14-12-19-47(50)61(54)46-18-11-13-20-49(46)63(51,7)8;/h11-31,33-34,36H,1-10H3;/q-3;. The van der Waals surface area contributed by atoms with Gasteiger partial charge in [0.2, 0.25) is 0 Å². The number of fused-ring (bicyclic) bond motifs is 7. The van der Waals surface area contributed by atoms with Gasteiger partial charge >= 0.3 is 0 Å². The Morgan fingerprint density at radius 3 is 1.86 bits per heavy atom. The van der Waals surface area contributed by atoms with Crippen molar-refractivity contribution in [2.45, 2.75) is 78.6 Å². The second-order valence-electron chi connectivity index (χ2n) is 20.8. The van der Waals surface area contributed by atoms with E-state index in [0.29, 0.717) is 11.5 Å². The summed E-state index contributed by atoms with van der Waals surface area (Å²) in [6, 6.07) is 51.8. The van der Waals surface area contributed by atoms with Crippen LogP contribution in [0, 0.1) is 18.8 Å². The summed E-state index contributed by atoms with van der Waals surface area (Å²) in [5, 5.41) is 8.24. The van der Waals surface area contributed by atoms with Gasteiger partial charge in [0.1, 0.15) is 22.0 Å². The van der Waals surface area contributed by atoms with Gasteiger partial charge in [-0.05, 0) is 103 Å². The van der Waals surface area contributed by atoms with Crippen LogP contribution in [-0.4, -0.2) is 25.7 Å². The molecular weight excluding hydrogens is 1010 g/mol. The summed E-state index contributed by atoms with van der Waals surface area (Å²) in [5.74, 6) is 2.11. The summed E-state index contributed by atoms with van der Waals surface area (Å²) in [5.41, 5.74) is 10.7. The molecule has 0 saturated carbocycles. The minimum absolute atomic E-state index is 0. The molecule has 65 heavy (non-hydrogen) atoms. The molecule has 6 nitrogen and oxygen atoms in total. The molecule has 0 bridgehead atoms. The molecule has 8 aromatic rings. The van der Waals surface area contributed by atoms with E-state index in [1.54, 1.807) is 0 Å². The van der Waals surface area contributed by atoms with E-state index in [1.807, 2.05) is 24.4 Å². The zero-order chi connectivity index (χ0) is 44.5. The third-order valence-corrected chi connectivity index (χ3v) is 20.8. The molecule has 0 unspecified atom stereocenters. The first-order valence-corrected chi connectivity index (χ1v) is 28.4. The van der Waals surface area contributed by atoms with Gasteiger partial charge in [0.05, 0.1) is 0 Å². The van der Waals surface area contributed by atoms with Crippen molar-refractivity contribution in [3.05, 3.63) is 170 Å². The van der Waals surface area contributed by atoms with Crippen molar-refractivity contribution in [3.63, 3.8) is 0 Å². The Hall–Kier alpha value is -5.67. The normalized spacial score (nSPS) is 15.8. The van der Waals surface area contributed by atoms with Gasteiger partial charge in [-0.3, -0.25) is 0 Å². The SMILES string of the molecule is CC(C)(C)c1ccnc(-n2c3[c-]c(Oc4[c-]c(N5C=CN(c6cc7c8c(c6)[Si](C)(C)c6ccccc6N8c6ccccc6[Si]7(C)C)[CH-]5)ccc4)ccc3c3cc(C(C)(C)C)ccc32)c1.[Pt]. The molecule has 0 aliphatic carbocycles. The van der Waals surface area contributed by atoms with E-state index >= 15 is 0 Å². The summed E-state index contributed by atoms with van der Waals surface area (Å²) >= 11 is 0. The molecule has 0 N–H and O–H groups in total. The Bertz CT molecular complexity index is 3170. The fourth-order valence-electron chi connectivity index (χ4n) is 10.1. The number of nitrogens with zero attached hydrogens (tertiary/aromatic N) is 5. The molecule has 3 aliphatic rings. The van der Waals surface area contributed by atoms with E-state index in [2.05, 4.69) is 221 Å². The minimum atomic E-state index is -2.08.